The first-order valence-electron chi connectivity index (χ1n) is 8.49. The number of likely N-dealkylation sites (N-methyl/N-ethyl adjacent to an activating group) is 1. The van der Waals surface area contributed by atoms with Gasteiger partial charge in [0, 0.05) is 13.6 Å². The van der Waals surface area contributed by atoms with E-state index in [0.29, 0.717) is 12.3 Å². The monoisotopic (exact) mass is 338 g/mol. The molecule has 0 saturated heterocycles. The largest absolute Gasteiger partial charge is 0.478 e. The molecule has 1 heterocycles. The molecule has 1 aliphatic heterocycles. The van der Waals surface area contributed by atoms with Gasteiger partial charge in [-0.25, -0.2) is 0 Å². The maximum atomic E-state index is 12.4. The minimum Gasteiger partial charge on any atom is -0.478 e. The van der Waals surface area contributed by atoms with E-state index >= 15 is 0 Å². The van der Waals surface area contributed by atoms with E-state index < -0.39 is 6.10 Å². The lowest BCUT2D eigenvalue weighted by Crippen LogP contribution is -2.46. The average Bonchev–Trinajstić information content (AvgIpc) is 2.64. The standard InChI is InChI=1S/C20H22N2O3/c1-22-16-11-5-6-12-17(16)25-18(20(22)24)14-19(23)21-13-7-10-15-8-3-2-4-9-15/h2-6,8-9,11-12,18H,7,10,13-14H2,1H3,(H,21,23). The van der Waals surface area contributed by atoms with Crippen molar-refractivity contribution in [2.75, 3.05) is 18.5 Å². The third-order valence-corrected chi connectivity index (χ3v) is 4.28. The van der Waals surface area contributed by atoms with Gasteiger partial charge in [0.2, 0.25) is 5.91 Å². The highest BCUT2D eigenvalue weighted by Crippen LogP contribution is 2.33. The number of ether oxygens (including phenoxy) is 1. The van der Waals surface area contributed by atoms with Gasteiger partial charge in [-0.3, -0.25) is 9.59 Å². The van der Waals surface area contributed by atoms with Gasteiger partial charge in [0.1, 0.15) is 5.75 Å². The van der Waals surface area contributed by atoms with Crippen molar-refractivity contribution in [2.45, 2.75) is 25.4 Å². The highest BCUT2D eigenvalue weighted by atomic mass is 16.5. The summed E-state index contributed by atoms with van der Waals surface area (Å²) >= 11 is 0. The molecular formula is C20H22N2O3. The Kier molecular flexibility index (Phi) is 5.33. The van der Waals surface area contributed by atoms with Crippen molar-refractivity contribution in [1.82, 2.24) is 5.32 Å². The predicted octanol–water partition coefficient (Wildman–Crippen LogP) is 2.55. The summed E-state index contributed by atoms with van der Waals surface area (Å²) in [6.07, 6.45) is 1.03. The Morgan fingerprint density at radius 1 is 1.12 bits per heavy atom. The molecule has 0 fully saturated rings. The summed E-state index contributed by atoms with van der Waals surface area (Å²) in [5, 5.41) is 2.87. The summed E-state index contributed by atoms with van der Waals surface area (Å²) in [7, 11) is 1.70. The molecule has 2 amide bonds. The van der Waals surface area contributed by atoms with E-state index in [1.807, 2.05) is 42.5 Å². The molecule has 0 bridgehead atoms. The Labute approximate surface area is 147 Å². The molecule has 3 rings (SSSR count). The van der Waals surface area contributed by atoms with E-state index in [1.54, 1.807) is 11.9 Å². The first-order valence-corrected chi connectivity index (χ1v) is 8.49. The number of carbonyl (C=O) groups is 2. The number of nitrogens with zero attached hydrogens (tertiary/aromatic N) is 1. The van der Waals surface area contributed by atoms with Crippen molar-refractivity contribution in [3.63, 3.8) is 0 Å². The normalized spacial score (nSPS) is 16.1. The van der Waals surface area contributed by atoms with Crippen molar-refractivity contribution in [3.05, 3.63) is 60.2 Å². The Balaban J connectivity index is 1.47. The second-order valence-electron chi connectivity index (χ2n) is 6.11. The quantitative estimate of drug-likeness (QED) is 0.824. The molecule has 1 N–H and O–H groups in total. The lowest BCUT2D eigenvalue weighted by atomic mass is 10.1. The van der Waals surface area contributed by atoms with E-state index in [9.17, 15) is 9.59 Å². The highest BCUT2D eigenvalue weighted by Gasteiger charge is 2.33. The Morgan fingerprint density at radius 2 is 1.84 bits per heavy atom. The summed E-state index contributed by atoms with van der Waals surface area (Å²) in [6, 6.07) is 17.5. The zero-order chi connectivity index (χ0) is 17.6. The molecule has 0 spiro atoms. The maximum absolute atomic E-state index is 12.4. The van der Waals surface area contributed by atoms with Crippen molar-refractivity contribution < 1.29 is 14.3 Å². The van der Waals surface area contributed by atoms with Crippen LogP contribution in [0.2, 0.25) is 0 Å². The van der Waals surface area contributed by atoms with Crippen molar-refractivity contribution in [3.8, 4) is 5.75 Å². The fourth-order valence-electron chi connectivity index (χ4n) is 2.91. The van der Waals surface area contributed by atoms with Gasteiger partial charge in [0.05, 0.1) is 12.1 Å². The van der Waals surface area contributed by atoms with E-state index in [4.69, 9.17) is 4.74 Å². The molecule has 25 heavy (non-hydrogen) atoms. The first-order chi connectivity index (χ1) is 12.1. The van der Waals surface area contributed by atoms with Gasteiger partial charge < -0.3 is 15.0 Å². The number of para-hydroxylation sites is 2. The van der Waals surface area contributed by atoms with Crippen molar-refractivity contribution in [1.29, 1.82) is 0 Å². The number of rotatable bonds is 6. The van der Waals surface area contributed by atoms with E-state index in [-0.39, 0.29) is 18.2 Å². The number of nitrogens with one attached hydrogen (secondary N) is 1. The molecule has 130 valence electrons. The second-order valence-corrected chi connectivity index (χ2v) is 6.11. The van der Waals surface area contributed by atoms with Crippen LogP contribution in [0.15, 0.2) is 54.6 Å². The van der Waals surface area contributed by atoms with Gasteiger partial charge in [-0.05, 0) is 30.5 Å². The molecule has 0 saturated carbocycles. The average molecular weight is 338 g/mol. The molecule has 1 aliphatic rings. The van der Waals surface area contributed by atoms with Crippen LogP contribution in [-0.2, 0) is 16.0 Å². The number of aryl methyl sites for hydroxylation is 1. The third-order valence-electron chi connectivity index (χ3n) is 4.28. The Morgan fingerprint density at radius 3 is 2.64 bits per heavy atom. The van der Waals surface area contributed by atoms with Crippen LogP contribution >= 0.6 is 0 Å². The summed E-state index contributed by atoms with van der Waals surface area (Å²) in [6.45, 7) is 0.584. The van der Waals surface area contributed by atoms with Gasteiger partial charge >= 0.3 is 0 Å². The van der Waals surface area contributed by atoms with Crippen LogP contribution in [0.1, 0.15) is 18.4 Å². The fourth-order valence-corrected chi connectivity index (χ4v) is 2.91. The van der Waals surface area contributed by atoms with Crippen molar-refractivity contribution >= 4 is 17.5 Å². The zero-order valence-corrected chi connectivity index (χ0v) is 14.3. The molecule has 0 aromatic heterocycles. The molecule has 5 heteroatoms. The second kappa shape index (κ2) is 7.83. The number of hydrogen-bond donors (Lipinski definition) is 1. The number of amides is 2. The lowest BCUT2D eigenvalue weighted by Gasteiger charge is -2.31. The molecule has 2 aromatic carbocycles. The molecule has 1 unspecified atom stereocenters. The summed E-state index contributed by atoms with van der Waals surface area (Å²) in [5.74, 6) is 0.267. The summed E-state index contributed by atoms with van der Waals surface area (Å²) < 4.78 is 5.71. The molecular weight excluding hydrogens is 316 g/mol. The topological polar surface area (TPSA) is 58.6 Å². The van der Waals surface area contributed by atoms with Crippen molar-refractivity contribution in [2.24, 2.45) is 0 Å². The molecule has 2 aromatic rings. The third kappa shape index (κ3) is 4.18. The number of benzene rings is 2. The van der Waals surface area contributed by atoms with Crippen LogP contribution < -0.4 is 15.0 Å². The summed E-state index contributed by atoms with van der Waals surface area (Å²) in [5.41, 5.74) is 1.98. The SMILES string of the molecule is CN1C(=O)C(CC(=O)NCCCc2ccccc2)Oc2ccccc21. The lowest BCUT2D eigenvalue weighted by molar-refractivity contribution is -0.132. The minimum atomic E-state index is -0.769. The molecule has 1 atom stereocenters. The zero-order valence-electron chi connectivity index (χ0n) is 14.3. The maximum Gasteiger partial charge on any atom is 0.268 e. The van der Waals surface area contributed by atoms with Gasteiger partial charge in [-0.2, -0.15) is 0 Å². The van der Waals surface area contributed by atoms with E-state index in [1.165, 1.54) is 5.56 Å². The molecule has 0 radical (unpaired) electrons. The number of anilines is 1. The number of carbonyl (C=O) groups excluding carboxylic acids is 2. The predicted molar refractivity (Wildman–Crippen MR) is 96.7 cm³/mol. The van der Waals surface area contributed by atoms with Crippen LogP contribution in [0.4, 0.5) is 5.69 Å². The Bertz CT molecular complexity index is 746. The van der Waals surface area contributed by atoms with Crippen LogP contribution in [-0.4, -0.2) is 31.5 Å². The first kappa shape index (κ1) is 17.0. The number of hydrogen-bond acceptors (Lipinski definition) is 3. The minimum absolute atomic E-state index is 0.0306. The van der Waals surface area contributed by atoms with E-state index in [2.05, 4.69) is 17.4 Å². The van der Waals surface area contributed by atoms with E-state index in [0.717, 1.165) is 18.5 Å². The van der Waals surface area contributed by atoms with Gasteiger partial charge in [-0.1, -0.05) is 42.5 Å². The highest BCUT2D eigenvalue weighted by molar-refractivity contribution is 6.01. The van der Waals surface area contributed by atoms with Gasteiger partial charge in [-0.15, -0.1) is 0 Å². The smallest absolute Gasteiger partial charge is 0.268 e. The molecule has 0 aliphatic carbocycles. The molecule has 5 nitrogen and oxygen atoms in total. The van der Waals surface area contributed by atoms with Crippen LogP contribution in [0.25, 0.3) is 0 Å². The summed E-state index contributed by atoms with van der Waals surface area (Å²) in [4.78, 5) is 26.0. The fraction of sp³-hybridized carbons (Fsp3) is 0.300. The van der Waals surface area contributed by atoms with Gasteiger partial charge in [0.15, 0.2) is 6.10 Å². The Hall–Kier alpha value is -2.82. The number of fused-ring (bicyclic) bond motifs is 1. The van der Waals surface area contributed by atoms with Crippen LogP contribution in [0.5, 0.6) is 5.75 Å². The van der Waals surface area contributed by atoms with Crippen LogP contribution in [0, 0.1) is 0 Å². The van der Waals surface area contributed by atoms with Crippen LogP contribution in [0.3, 0.4) is 0 Å². The van der Waals surface area contributed by atoms with Gasteiger partial charge in [0.25, 0.3) is 5.91 Å².